The molecular formula is C19H27N5O. The highest BCUT2D eigenvalue weighted by molar-refractivity contribution is 5.80. The molecule has 0 radical (unpaired) electrons. The Hall–Kier alpha value is -2.50. The zero-order valence-electron chi connectivity index (χ0n) is 15.2. The number of nitrogens with zero attached hydrogens (tertiary/aromatic N) is 3. The first-order valence-electron chi connectivity index (χ1n) is 8.93. The van der Waals surface area contributed by atoms with Gasteiger partial charge >= 0.3 is 0 Å². The van der Waals surface area contributed by atoms with Crippen molar-refractivity contribution in [3.8, 4) is 0 Å². The number of aromatic nitrogens is 1. The molecule has 25 heavy (non-hydrogen) atoms. The smallest absolute Gasteiger partial charge is 0.216 e. The van der Waals surface area contributed by atoms with Crippen LogP contribution in [-0.4, -0.2) is 36.6 Å². The van der Waals surface area contributed by atoms with Crippen LogP contribution in [0.1, 0.15) is 30.7 Å². The maximum Gasteiger partial charge on any atom is 0.216 e. The Morgan fingerprint density at radius 1 is 1.32 bits per heavy atom. The van der Waals surface area contributed by atoms with Crippen molar-refractivity contribution in [2.45, 2.75) is 39.8 Å². The topological polar surface area (TPSA) is 65.7 Å². The van der Waals surface area contributed by atoms with Gasteiger partial charge in [-0.05, 0) is 39.3 Å². The van der Waals surface area contributed by atoms with Crippen LogP contribution >= 0.6 is 0 Å². The molecule has 134 valence electrons. The number of aliphatic imine (C=N–C) groups is 1. The molecule has 1 aromatic heterocycles. The van der Waals surface area contributed by atoms with Crippen LogP contribution in [0.3, 0.4) is 0 Å². The Morgan fingerprint density at radius 3 is 2.80 bits per heavy atom. The molecule has 0 bridgehead atoms. The second-order valence-corrected chi connectivity index (χ2v) is 6.36. The van der Waals surface area contributed by atoms with Crippen LogP contribution in [-0.2, 0) is 6.54 Å². The number of rotatable bonds is 5. The lowest BCUT2D eigenvalue weighted by Gasteiger charge is -2.20. The Morgan fingerprint density at radius 2 is 2.12 bits per heavy atom. The lowest BCUT2D eigenvalue weighted by atomic mass is 10.3. The predicted molar refractivity (Wildman–Crippen MR) is 101 cm³/mol. The van der Waals surface area contributed by atoms with Crippen LogP contribution < -0.4 is 15.5 Å². The Balaban J connectivity index is 1.59. The Bertz CT molecular complexity index is 690. The average molecular weight is 341 g/mol. The quantitative estimate of drug-likeness (QED) is 0.646. The van der Waals surface area contributed by atoms with Crippen LogP contribution in [0.15, 0.2) is 39.7 Å². The first-order valence-corrected chi connectivity index (χ1v) is 8.93. The van der Waals surface area contributed by atoms with Crippen molar-refractivity contribution in [2.75, 3.05) is 24.5 Å². The van der Waals surface area contributed by atoms with Gasteiger partial charge in [-0.1, -0.05) is 18.2 Å². The van der Waals surface area contributed by atoms with E-state index in [2.05, 4.69) is 62.8 Å². The summed E-state index contributed by atoms with van der Waals surface area (Å²) in [4.78, 5) is 11.4. The molecule has 1 aliphatic rings. The molecule has 3 rings (SSSR count). The monoisotopic (exact) mass is 341 g/mol. The number of benzene rings is 1. The molecule has 6 nitrogen and oxygen atoms in total. The summed E-state index contributed by atoms with van der Waals surface area (Å²) in [6.07, 6.45) is 1.09. The minimum Gasteiger partial charge on any atom is -0.444 e. The molecule has 1 unspecified atom stereocenters. The van der Waals surface area contributed by atoms with Gasteiger partial charge in [0, 0.05) is 31.4 Å². The fraction of sp³-hybridized carbons (Fsp3) is 0.474. The number of para-hydroxylation sites is 1. The molecule has 2 aromatic rings. The van der Waals surface area contributed by atoms with E-state index in [1.165, 1.54) is 5.69 Å². The summed E-state index contributed by atoms with van der Waals surface area (Å²) >= 11 is 0. The molecule has 6 heteroatoms. The Kier molecular flexibility index (Phi) is 5.58. The van der Waals surface area contributed by atoms with E-state index in [-0.39, 0.29) is 0 Å². The van der Waals surface area contributed by atoms with Gasteiger partial charge in [0.05, 0.1) is 5.69 Å². The van der Waals surface area contributed by atoms with Gasteiger partial charge in [-0.3, -0.25) is 0 Å². The van der Waals surface area contributed by atoms with Crippen LogP contribution in [0, 0.1) is 13.8 Å². The molecule has 0 aliphatic carbocycles. The zero-order valence-corrected chi connectivity index (χ0v) is 15.2. The highest BCUT2D eigenvalue weighted by Gasteiger charge is 2.23. The van der Waals surface area contributed by atoms with Gasteiger partial charge in [0.25, 0.3) is 0 Å². The highest BCUT2D eigenvalue weighted by atomic mass is 16.4. The number of oxazole rings is 1. The van der Waals surface area contributed by atoms with E-state index in [1.54, 1.807) is 0 Å². The lowest BCUT2D eigenvalue weighted by Crippen LogP contribution is -2.44. The minimum absolute atomic E-state index is 0.381. The predicted octanol–water partition coefficient (Wildman–Crippen LogP) is 2.63. The molecule has 1 aromatic carbocycles. The van der Waals surface area contributed by atoms with Crippen molar-refractivity contribution in [2.24, 2.45) is 4.99 Å². The fourth-order valence-electron chi connectivity index (χ4n) is 3.02. The Labute approximate surface area is 149 Å². The summed E-state index contributed by atoms with van der Waals surface area (Å²) in [6, 6.07) is 10.9. The normalized spacial score (nSPS) is 17.8. The molecule has 1 fully saturated rings. The first kappa shape index (κ1) is 17.3. The summed E-state index contributed by atoms with van der Waals surface area (Å²) in [6.45, 7) is 9.25. The van der Waals surface area contributed by atoms with Crippen LogP contribution in [0.25, 0.3) is 0 Å². The molecule has 1 saturated heterocycles. The summed E-state index contributed by atoms with van der Waals surface area (Å²) in [5.74, 6) is 2.33. The molecule has 2 N–H and O–H groups in total. The standard InChI is InChI=1S/C19H27N5O/c1-4-20-19(21-12-18-22-14(2)15(3)25-18)23-16-10-11-24(13-16)17-8-6-5-7-9-17/h5-9,16H,4,10-13H2,1-3H3,(H2,20,21,23). The highest BCUT2D eigenvalue weighted by Crippen LogP contribution is 2.19. The van der Waals surface area contributed by atoms with Gasteiger partial charge in [0.2, 0.25) is 5.89 Å². The van der Waals surface area contributed by atoms with E-state index in [0.717, 1.165) is 43.5 Å². The minimum atomic E-state index is 0.381. The van der Waals surface area contributed by atoms with Gasteiger partial charge < -0.3 is 20.0 Å². The van der Waals surface area contributed by atoms with Gasteiger partial charge in [-0.25, -0.2) is 9.98 Å². The van der Waals surface area contributed by atoms with Gasteiger partial charge in [-0.2, -0.15) is 0 Å². The van der Waals surface area contributed by atoms with Crippen molar-refractivity contribution in [3.05, 3.63) is 47.7 Å². The van der Waals surface area contributed by atoms with Crippen molar-refractivity contribution in [3.63, 3.8) is 0 Å². The maximum absolute atomic E-state index is 5.61. The summed E-state index contributed by atoms with van der Waals surface area (Å²) in [5, 5.41) is 6.84. The molecular weight excluding hydrogens is 314 g/mol. The van der Waals surface area contributed by atoms with Crippen LogP contribution in [0.5, 0.6) is 0 Å². The number of aryl methyl sites for hydroxylation is 2. The fourth-order valence-corrected chi connectivity index (χ4v) is 3.02. The second-order valence-electron chi connectivity index (χ2n) is 6.36. The third-order valence-corrected chi connectivity index (χ3v) is 4.44. The molecule has 0 spiro atoms. The van der Waals surface area contributed by atoms with E-state index in [0.29, 0.717) is 18.5 Å². The maximum atomic E-state index is 5.61. The molecule has 2 heterocycles. The number of hydrogen-bond acceptors (Lipinski definition) is 4. The van der Waals surface area contributed by atoms with Crippen molar-refractivity contribution in [1.82, 2.24) is 15.6 Å². The number of anilines is 1. The molecule has 1 atom stereocenters. The molecule has 0 amide bonds. The lowest BCUT2D eigenvalue weighted by molar-refractivity contribution is 0.472. The summed E-state index contributed by atoms with van der Waals surface area (Å²) in [7, 11) is 0. The van der Waals surface area contributed by atoms with Crippen molar-refractivity contribution in [1.29, 1.82) is 0 Å². The van der Waals surface area contributed by atoms with Crippen LogP contribution in [0.4, 0.5) is 5.69 Å². The van der Waals surface area contributed by atoms with E-state index in [1.807, 2.05) is 13.8 Å². The molecule has 0 saturated carbocycles. The van der Waals surface area contributed by atoms with E-state index in [9.17, 15) is 0 Å². The third-order valence-electron chi connectivity index (χ3n) is 4.44. The summed E-state index contributed by atoms with van der Waals surface area (Å²) in [5.41, 5.74) is 2.21. The van der Waals surface area contributed by atoms with Gasteiger partial charge in [0.15, 0.2) is 5.96 Å². The molecule has 1 aliphatic heterocycles. The van der Waals surface area contributed by atoms with E-state index >= 15 is 0 Å². The number of nitrogens with one attached hydrogen (secondary N) is 2. The second kappa shape index (κ2) is 8.05. The van der Waals surface area contributed by atoms with E-state index in [4.69, 9.17) is 4.42 Å². The van der Waals surface area contributed by atoms with Crippen molar-refractivity contribution >= 4 is 11.6 Å². The number of hydrogen-bond donors (Lipinski definition) is 2. The van der Waals surface area contributed by atoms with Crippen LogP contribution in [0.2, 0.25) is 0 Å². The SMILES string of the molecule is CCNC(=NCc1nc(C)c(C)o1)NC1CCN(c2ccccc2)C1. The zero-order chi connectivity index (χ0) is 17.6. The van der Waals surface area contributed by atoms with Crippen molar-refractivity contribution < 1.29 is 4.42 Å². The van der Waals surface area contributed by atoms with Gasteiger partial charge in [0.1, 0.15) is 12.3 Å². The van der Waals surface area contributed by atoms with Gasteiger partial charge in [-0.15, -0.1) is 0 Å². The summed E-state index contributed by atoms with van der Waals surface area (Å²) < 4.78 is 5.61. The average Bonchev–Trinajstić information content (AvgIpc) is 3.21. The largest absolute Gasteiger partial charge is 0.444 e. The number of guanidine groups is 1. The van der Waals surface area contributed by atoms with E-state index < -0.39 is 0 Å². The first-order chi connectivity index (χ1) is 12.2. The third kappa shape index (κ3) is 4.53.